The van der Waals surface area contributed by atoms with E-state index in [0.717, 1.165) is 12.8 Å². The Labute approximate surface area is 160 Å². The van der Waals surface area contributed by atoms with Gasteiger partial charge in [-0.05, 0) is 18.9 Å². The Morgan fingerprint density at radius 3 is 1.65 bits per heavy atom. The molecule has 0 aromatic rings. The summed E-state index contributed by atoms with van der Waals surface area (Å²) in [6, 6.07) is 0. The molecule has 154 valence electrons. The Morgan fingerprint density at radius 1 is 0.808 bits per heavy atom. The summed E-state index contributed by atoms with van der Waals surface area (Å²) < 4.78 is 0. The number of ketones is 1. The van der Waals surface area contributed by atoms with Gasteiger partial charge < -0.3 is 15.3 Å². The van der Waals surface area contributed by atoms with Gasteiger partial charge in [-0.3, -0.25) is 4.79 Å². The van der Waals surface area contributed by atoms with E-state index in [9.17, 15) is 15.0 Å². The molecule has 0 aliphatic rings. The number of unbranched alkanes of at least 4 members (excludes halogenated alkanes) is 12. The number of hydrogen-bond acceptors (Lipinski definition) is 4. The zero-order chi connectivity index (χ0) is 19.6. The number of carbonyl (C=O) groups is 1. The summed E-state index contributed by atoms with van der Waals surface area (Å²) in [5.41, 5.74) is 0.450. The first-order valence-corrected chi connectivity index (χ1v) is 10.7. The van der Waals surface area contributed by atoms with Gasteiger partial charge in [-0.1, -0.05) is 84.0 Å². The van der Waals surface area contributed by atoms with Crippen LogP contribution < -0.4 is 0 Å². The summed E-state index contributed by atoms with van der Waals surface area (Å²) in [6.07, 6.45) is 16.1. The standard InChI is InChI=1S/C22H42O4/c1-3-4-5-6-7-8-9-10-11-12-13-14-15-16-20(24)17-19(2)22(26)21(25)18-23/h21,23,25-26H,3-18H2,1-2H3/b22-19+. The number of aliphatic hydroxyl groups is 3. The SMILES string of the molecule is CCCCCCCCCCCCCCCC(=O)C/C(C)=C(/O)C(O)CO. The Bertz CT molecular complexity index is 376. The number of Topliss-reactive ketones (excluding diaryl/α,β-unsaturated/α-hetero) is 1. The molecule has 0 heterocycles. The Kier molecular flexibility index (Phi) is 17.0. The van der Waals surface area contributed by atoms with Gasteiger partial charge in [0.25, 0.3) is 0 Å². The Balaban J connectivity index is 3.48. The van der Waals surface area contributed by atoms with Gasteiger partial charge in [-0.2, -0.15) is 0 Å². The lowest BCUT2D eigenvalue weighted by Gasteiger charge is -2.10. The third kappa shape index (κ3) is 14.3. The number of carbonyl (C=O) groups excluding carboxylic acids is 1. The first-order valence-electron chi connectivity index (χ1n) is 10.7. The van der Waals surface area contributed by atoms with E-state index in [1.165, 1.54) is 70.6 Å². The van der Waals surface area contributed by atoms with E-state index in [-0.39, 0.29) is 18.0 Å². The van der Waals surface area contributed by atoms with Crippen molar-refractivity contribution >= 4 is 5.78 Å². The quantitative estimate of drug-likeness (QED) is 0.216. The van der Waals surface area contributed by atoms with Crippen molar-refractivity contribution in [1.82, 2.24) is 0 Å². The highest BCUT2D eigenvalue weighted by atomic mass is 16.3. The van der Waals surface area contributed by atoms with E-state index < -0.39 is 12.7 Å². The number of rotatable bonds is 18. The average Bonchev–Trinajstić information content (AvgIpc) is 2.64. The molecular formula is C22H42O4. The van der Waals surface area contributed by atoms with Gasteiger partial charge in [-0.25, -0.2) is 0 Å². The first-order chi connectivity index (χ1) is 12.5. The van der Waals surface area contributed by atoms with Gasteiger partial charge in [0, 0.05) is 12.8 Å². The molecule has 3 N–H and O–H groups in total. The molecule has 0 spiro atoms. The van der Waals surface area contributed by atoms with Crippen LogP contribution in [0.25, 0.3) is 0 Å². The van der Waals surface area contributed by atoms with Crippen LogP contribution in [0.5, 0.6) is 0 Å². The molecule has 0 aliphatic carbocycles. The largest absolute Gasteiger partial charge is 0.510 e. The second-order valence-electron chi connectivity index (χ2n) is 7.57. The van der Waals surface area contributed by atoms with Crippen molar-refractivity contribution in [2.75, 3.05) is 6.61 Å². The summed E-state index contributed by atoms with van der Waals surface area (Å²) in [7, 11) is 0. The molecule has 0 saturated heterocycles. The van der Waals surface area contributed by atoms with Crippen LogP contribution in [0, 0.1) is 0 Å². The van der Waals surface area contributed by atoms with E-state index in [1.807, 2.05) is 0 Å². The normalized spacial score (nSPS) is 13.5. The van der Waals surface area contributed by atoms with Gasteiger partial charge in [0.15, 0.2) is 0 Å². The minimum atomic E-state index is -1.28. The minimum Gasteiger partial charge on any atom is -0.510 e. The number of aliphatic hydroxyl groups excluding tert-OH is 3. The second kappa shape index (κ2) is 17.5. The van der Waals surface area contributed by atoms with Crippen LogP contribution >= 0.6 is 0 Å². The molecule has 0 radical (unpaired) electrons. The van der Waals surface area contributed by atoms with Crippen LogP contribution in [0.1, 0.15) is 110 Å². The van der Waals surface area contributed by atoms with E-state index in [0.29, 0.717) is 12.0 Å². The van der Waals surface area contributed by atoms with Crippen LogP contribution in [-0.4, -0.2) is 33.8 Å². The van der Waals surface area contributed by atoms with Crippen molar-refractivity contribution in [3.05, 3.63) is 11.3 Å². The lowest BCUT2D eigenvalue weighted by Crippen LogP contribution is -2.17. The maximum Gasteiger partial charge on any atom is 0.137 e. The molecule has 1 atom stereocenters. The minimum absolute atomic E-state index is 0.0854. The highest BCUT2D eigenvalue weighted by Crippen LogP contribution is 2.15. The van der Waals surface area contributed by atoms with Gasteiger partial charge in [0.2, 0.25) is 0 Å². The monoisotopic (exact) mass is 370 g/mol. The van der Waals surface area contributed by atoms with E-state index in [4.69, 9.17) is 5.11 Å². The molecule has 26 heavy (non-hydrogen) atoms. The fraction of sp³-hybridized carbons (Fsp3) is 0.864. The number of hydrogen-bond donors (Lipinski definition) is 3. The van der Waals surface area contributed by atoms with Gasteiger partial charge in [-0.15, -0.1) is 0 Å². The van der Waals surface area contributed by atoms with Crippen molar-refractivity contribution in [3.8, 4) is 0 Å². The maximum atomic E-state index is 11.9. The Hall–Kier alpha value is -0.870. The van der Waals surface area contributed by atoms with Crippen LogP contribution in [-0.2, 0) is 4.79 Å². The van der Waals surface area contributed by atoms with E-state index >= 15 is 0 Å². The van der Waals surface area contributed by atoms with Crippen molar-refractivity contribution in [2.45, 2.75) is 116 Å². The molecule has 0 saturated carbocycles. The summed E-state index contributed by atoms with van der Waals surface area (Å²) in [5, 5.41) is 27.8. The van der Waals surface area contributed by atoms with Gasteiger partial charge in [0.1, 0.15) is 17.6 Å². The highest BCUT2D eigenvalue weighted by molar-refractivity contribution is 5.80. The fourth-order valence-corrected chi connectivity index (χ4v) is 3.19. The predicted molar refractivity (Wildman–Crippen MR) is 108 cm³/mol. The van der Waals surface area contributed by atoms with Crippen molar-refractivity contribution < 1.29 is 20.1 Å². The Morgan fingerprint density at radius 2 is 1.23 bits per heavy atom. The van der Waals surface area contributed by atoms with E-state index in [2.05, 4.69) is 6.92 Å². The highest BCUT2D eigenvalue weighted by Gasteiger charge is 2.13. The molecule has 0 bridgehead atoms. The summed E-state index contributed by atoms with van der Waals surface area (Å²) >= 11 is 0. The van der Waals surface area contributed by atoms with Gasteiger partial charge >= 0.3 is 0 Å². The zero-order valence-corrected chi connectivity index (χ0v) is 17.1. The molecule has 4 heteroatoms. The van der Waals surface area contributed by atoms with Crippen LogP contribution in [0.4, 0.5) is 0 Å². The smallest absolute Gasteiger partial charge is 0.137 e. The summed E-state index contributed by atoms with van der Waals surface area (Å²) in [6.45, 7) is 3.34. The molecular weight excluding hydrogens is 328 g/mol. The molecule has 4 nitrogen and oxygen atoms in total. The molecule has 0 fully saturated rings. The van der Waals surface area contributed by atoms with E-state index in [1.54, 1.807) is 6.92 Å². The van der Waals surface area contributed by atoms with Crippen LogP contribution in [0.15, 0.2) is 11.3 Å². The molecule has 0 aromatic heterocycles. The lowest BCUT2D eigenvalue weighted by molar-refractivity contribution is -0.118. The third-order valence-electron chi connectivity index (χ3n) is 4.95. The topological polar surface area (TPSA) is 77.8 Å². The third-order valence-corrected chi connectivity index (χ3v) is 4.95. The molecule has 0 amide bonds. The van der Waals surface area contributed by atoms with Crippen LogP contribution in [0.3, 0.4) is 0 Å². The average molecular weight is 371 g/mol. The summed E-state index contributed by atoms with van der Waals surface area (Å²) in [5.74, 6) is -0.187. The lowest BCUT2D eigenvalue weighted by atomic mass is 10.0. The second-order valence-corrected chi connectivity index (χ2v) is 7.57. The molecule has 0 aromatic carbocycles. The molecule has 0 rings (SSSR count). The number of allylic oxidation sites excluding steroid dienone is 1. The molecule has 1 unspecified atom stereocenters. The predicted octanol–water partition coefficient (Wildman–Crippen LogP) is 5.61. The summed E-state index contributed by atoms with van der Waals surface area (Å²) in [4.78, 5) is 11.9. The van der Waals surface area contributed by atoms with Crippen molar-refractivity contribution in [3.63, 3.8) is 0 Å². The maximum absolute atomic E-state index is 11.9. The molecule has 0 aliphatic heterocycles. The van der Waals surface area contributed by atoms with Crippen LogP contribution in [0.2, 0.25) is 0 Å². The zero-order valence-electron chi connectivity index (χ0n) is 17.1. The fourth-order valence-electron chi connectivity index (χ4n) is 3.19. The first kappa shape index (κ1) is 25.1. The van der Waals surface area contributed by atoms with Crippen molar-refractivity contribution in [1.29, 1.82) is 0 Å². The van der Waals surface area contributed by atoms with Gasteiger partial charge in [0.05, 0.1) is 6.61 Å². The van der Waals surface area contributed by atoms with Crippen molar-refractivity contribution in [2.24, 2.45) is 0 Å².